The number of thiophene rings is 1. The van der Waals surface area contributed by atoms with Crippen LogP contribution in [0.25, 0.3) is 0 Å². The number of nitrogens with two attached hydrogens (primary N) is 1. The van der Waals surface area contributed by atoms with Crippen LogP contribution in [0.2, 0.25) is 0 Å². The summed E-state index contributed by atoms with van der Waals surface area (Å²) in [5.74, 6) is 2.92. The van der Waals surface area contributed by atoms with Crippen LogP contribution in [0.4, 0.5) is 10.7 Å². The highest BCUT2D eigenvalue weighted by Gasteiger charge is 2.24. The van der Waals surface area contributed by atoms with E-state index >= 15 is 0 Å². The van der Waals surface area contributed by atoms with Gasteiger partial charge in [-0.25, -0.2) is 0 Å². The van der Waals surface area contributed by atoms with Gasteiger partial charge in [0.25, 0.3) is 0 Å². The van der Waals surface area contributed by atoms with E-state index in [1.165, 1.54) is 11.3 Å². The summed E-state index contributed by atoms with van der Waals surface area (Å²) in [6.07, 6.45) is 0.0614. The fourth-order valence-electron chi connectivity index (χ4n) is 1.82. The Hall–Kier alpha value is -1.06. The lowest BCUT2D eigenvalue weighted by molar-refractivity contribution is 0.245. The van der Waals surface area contributed by atoms with Gasteiger partial charge in [0.15, 0.2) is 5.75 Å². The third-order valence-electron chi connectivity index (χ3n) is 2.64. The summed E-state index contributed by atoms with van der Waals surface area (Å²) >= 11 is 3.40. The van der Waals surface area contributed by atoms with Crippen molar-refractivity contribution in [1.29, 1.82) is 5.26 Å². The summed E-state index contributed by atoms with van der Waals surface area (Å²) in [4.78, 5) is 2.83. The number of anilines is 2. The molecule has 0 aliphatic carbocycles. The maximum absolute atomic E-state index is 9.09. The van der Waals surface area contributed by atoms with Crippen LogP contribution in [0.1, 0.15) is 18.7 Å². The van der Waals surface area contributed by atoms with Crippen LogP contribution < -0.4 is 15.4 Å². The Kier molecular flexibility index (Phi) is 4.25. The summed E-state index contributed by atoms with van der Waals surface area (Å²) in [6, 6.07) is 2.15. The zero-order valence-electron chi connectivity index (χ0n) is 10.6. The molecule has 0 spiro atoms. The number of nitriles is 1. The molecule has 98 valence electrons. The lowest BCUT2D eigenvalue weighted by Gasteiger charge is -2.28. The first-order valence-electron chi connectivity index (χ1n) is 5.95. The van der Waals surface area contributed by atoms with Crippen molar-refractivity contribution >= 4 is 33.8 Å². The van der Waals surface area contributed by atoms with Crippen molar-refractivity contribution in [2.75, 3.05) is 35.2 Å². The lowest BCUT2D eigenvalue weighted by atomic mass is 10.3. The van der Waals surface area contributed by atoms with Gasteiger partial charge in [0.2, 0.25) is 0 Å². The average molecular weight is 283 g/mol. The fraction of sp³-hybridized carbons (Fsp3) is 0.583. The highest BCUT2D eigenvalue weighted by Crippen LogP contribution is 2.45. The van der Waals surface area contributed by atoms with Gasteiger partial charge in [-0.05, 0) is 13.8 Å². The van der Waals surface area contributed by atoms with Crippen LogP contribution >= 0.6 is 23.1 Å². The molecule has 1 aliphatic rings. The molecule has 1 saturated heterocycles. The van der Waals surface area contributed by atoms with E-state index in [0.717, 1.165) is 29.6 Å². The summed E-state index contributed by atoms with van der Waals surface area (Å²) in [5, 5.41) is 10.1. The number of rotatable bonds is 3. The number of nitrogen functional groups attached to an aromatic ring is 1. The summed E-state index contributed by atoms with van der Waals surface area (Å²) < 4.78 is 5.80. The number of hydrogen-bond donors (Lipinski definition) is 1. The van der Waals surface area contributed by atoms with Gasteiger partial charge >= 0.3 is 0 Å². The third kappa shape index (κ3) is 2.68. The van der Waals surface area contributed by atoms with Crippen LogP contribution in [-0.2, 0) is 0 Å². The summed E-state index contributed by atoms with van der Waals surface area (Å²) in [5.41, 5.74) is 6.49. The number of nitrogens with zero attached hydrogens (tertiary/aromatic N) is 2. The molecule has 0 saturated carbocycles. The quantitative estimate of drug-likeness (QED) is 0.923. The fourth-order valence-corrected chi connectivity index (χ4v) is 3.73. The molecule has 2 N–H and O–H groups in total. The zero-order chi connectivity index (χ0) is 13.1. The Labute approximate surface area is 116 Å². The second kappa shape index (κ2) is 5.72. The van der Waals surface area contributed by atoms with Crippen LogP contribution in [0, 0.1) is 11.3 Å². The van der Waals surface area contributed by atoms with Crippen molar-refractivity contribution in [3.8, 4) is 11.8 Å². The molecule has 1 aliphatic heterocycles. The second-order valence-electron chi connectivity index (χ2n) is 4.36. The Balaban J connectivity index is 2.35. The van der Waals surface area contributed by atoms with E-state index in [2.05, 4.69) is 11.0 Å². The maximum Gasteiger partial charge on any atom is 0.178 e. The van der Waals surface area contributed by atoms with Crippen molar-refractivity contribution in [3.05, 3.63) is 4.88 Å². The Morgan fingerprint density at radius 2 is 2.06 bits per heavy atom. The van der Waals surface area contributed by atoms with Gasteiger partial charge in [0.05, 0.1) is 6.10 Å². The SMILES string of the molecule is CC(C)Oc1c(N2CCSCC2)sc(C#N)c1N. The van der Waals surface area contributed by atoms with E-state index in [0.29, 0.717) is 16.3 Å². The van der Waals surface area contributed by atoms with Crippen LogP contribution in [0.3, 0.4) is 0 Å². The van der Waals surface area contributed by atoms with Gasteiger partial charge in [-0.1, -0.05) is 0 Å². The van der Waals surface area contributed by atoms with E-state index in [1.54, 1.807) is 0 Å². The van der Waals surface area contributed by atoms with E-state index in [9.17, 15) is 0 Å². The molecule has 4 nitrogen and oxygen atoms in total. The minimum Gasteiger partial charge on any atom is -0.486 e. The van der Waals surface area contributed by atoms with Gasteiger partial charge < -0.3 is 15.4 Å². The Bertz CT molecular complexity index is 459. The van der Waals surface area contributed by atoms with Gasteiger partial charge in [-0.15, -0.1) is 11.3 Å². The van der Waals surface area contributed by atoms with E-state index in [4.69, 9.17) is 15.7 Å². The molecule has 2 heterocycles. The molecular formula is C12H17N3OS2. The molecule has 6 heteroatoms. The molecule has 0 bridgehead atoms. The minimum absolute atomic E-state index is 0.0614. The molecular weight excluding hydrogens is 266 g/mol. The van der Waals surface area contributed by atoms with Gasteiger partial charge in [0, 0.05) is 24.6 Å². The van der Waals surface area contributed by atoms with Crippen LogP contribution in [0.5, 0.6) is 5.75 Å². The van der Waals surface area contributed by atoms with Gasteiger partial charge in [-0.3, -0.25) is 0 Å². The first-order valence-corrected chi connectivity index (χ1v) is 7.92. The molecule has 1 fully saturated rings. The normalized spacial score (nSPS) is 15.8. The van der Waals surface area contributed by atoms with Crippen molar-refractivity contribution in [1.82, 2.24) is 0 Å². The summed E-state index contributed by atoms with van der Waals surface area (Å²) in [6.45, 7) is 5.92. The predicted molar refractivity (Wildman–Crippen MR) is 78.7 cm³/mol. The molecule has 0 radical (unpaired) electrons. The van der Waals surface area contributed by atoms with Crippen molar-refractivity contribution in [3.63, 3.8) is 0 Å². The molecule has 0 atom stereocenters. The van der Waals surface area contributed by atoms with E-state index in [-0.39, 0.29) is 6.10 Å². The largest absolute Gasteiger partial charge is 0.486 e. The van der Waals surface area contributed by atoms with Gasteiger partial charge in [-0.2, -0.15) is 17.0 Å². The predicted octanol–water partition coefficient (Wildman–Crippen LogP) is 2.54. The van der Waals surface area contributed by atoms with Crippen molar-refractivity contribution in [2.24, 2.45) is 0 Å². The smallest absolute Gasteiger partial charge is 0.178 e. The highest BCUT2D eigenvalue weighted by molar-refractivity contribution is 7.99. The molecule has 0 unspecified atom stereocenters. The topological polar surface area (TPSA) is 62.3 Å². The van der Waals surface area contributed by atoms with Crippen molar-refractivity contribution in [2.45, 2.75) is 20.0 Å². The average Bonchev–Trinajstić information content (AvgIpc) is 2.67. The zero-order valence-corrected chi connectivity index (χ0v) is 12.2. The molecule has 1 aromatic heterocycles. The van der Waals surface area contributed by atoms with Gasteiger partial charge in [0.1, 0.15) is 21.6 Å². The van der Waals surface area contributed by atoms with Crippen LogP contribution in [-0.4, -0.2) is 30.7 Å². The highest BCUT2D eigenvalue weighted by atomic mass is 32.2. The first-order chi connectivity index (χ1) is 8.63. The van der Waals surface area contributed by atoms with E-state index < -0.39 is 0 Å². The molecule has 2 rings (SSSR count). The maximum atomic E-state index is 9.09. The number of hydrogen-bond acceptors (Lipinski definition) is 6. The Morgan fingerprint density at radius 1 is 1.39 bits per heavy atom. The number of ether oxygens (including phenoxy) is 1. The monoisotopic (exact) mass is 283 g/mol. The molecule has 0 amide bonds. The third-order valence-corrected chi connectivity index (χ3v) is 4.73. The number of thioether (sulfide) groups is 1. The first kappa shape index (κ1) is 13.4. The summed E-state index contributed by atoms with van der Waals surface area (Å²) in [7, 11) is 0. The van der Waals surface area contributed by atoms with E-state index in [1.807, 2.05) is 25.6 Å². The second-order valence-corrected chi connectivity index (χ2v) is 6.58. The molecule has 1 aromatic rings. The molecule has 0 aromatic carbocycles. The Morgan fingerprint density at radius 3 is 2.61 bits per heavy atom. The van der Waals surface area contributed by atoms with Crippen molar-refractivity contribution < 1.29 is 4.74 Å². The minimum atomic E-state index is 0.0614. The lowest BCUT2D eigenvalue weighted by Crippen LogP contribution is -2.32. The standard InChI is InChI=1S/C12H17N3OS2/c1-8(2)16-11-10(14)9(7-13)18-12(11)15-3-5-17-6-4-15/h8H,3-6,14H2,1-2H3. The van der Waals surface area contributed by atoms with Crippen LogP contribution in [0.15, 0.2) is 0 Å². The molecule has 18 heavy (non-hydrogen) atoms.